The Hall–Kier alpha value is -3.20. The van der Waals surface area contributed by atoms with Crippen LogP contribution < -0.4 is 10.6 Å². The number of aryl methyl sites for hydroxylation is 2. The van der Waals surface area contributed by atoms with Crippen LogP contribution in [0.2, 0.25) is 0 Å². The highest BCUT2D eigenvalue weighted by Gasteiger charge is 2.15. The molecule has 1 aromatic carbocycles. The Labute approximate surface area is 153 Å². The minimum atomic E-state index is -0.202. The van der Waals surface area contributed by atoms with Gasteiger partial charge in [-0.05, 0) is 25.5 Å². The fourth-order valence-electron chi connectivity index (χ4n) is 2.62. The lowest BCUT2D eigenvalue weighted by Crippen LogP contribution is -2.11. The average Bonchev–Trinajstić information content (AvgIpc) is 3.37. The Bertz CT molecular complexity index is 1080. The first-order chi connectivity index (χ1) is 12.6. The summed E-state index contributed by atoms with van der Waals surface area (Å²) in [4.78, 5) is 17.4. The number of anilines is 3. The molecule has 4 rings (SSSR count). The van der Waals surface area contributed by atoms with Crippen LogP contribution in [0.25, 0.3) is 10.9 Å². The lowest BCUT2D eigenvalue weighted by atomic mass is 10.1. The molecule has 0 unspecified atom stereocenters. The molecule has 0 spiro atoms. The molecule has 0 saturated carbocycles. The van der Waals surface area contributed by atoms with Crippen molar-refractivity contribution >= 4 is 44.8 Å². The SMILES string of the molecule is CCn1ccc(Nc2ncc(C(=O)Nc3c(C)ccc4[nH]ncc34)s2)n1. The molecule has 0 aliphatic carbocycles. The second-order valence-corrected chi connectivity index (χ2v) is 6.78. The minimum Gasteiger partial charge on any atom is -0.320 e. The normalized spacial score (nSPS) is 11.0. The van der Waals surface area contributed by atoms with Crippen molar-refractivity contribution in [2.24, 2.45) is 0 Å². The van der Waals surface area contributed by atoms with Crippen molar-refractivity contribution in [2.75, 3.05) is 10.6 Å². The summed E-state index contributed by atoms with van der Waals surface area (Å²) < 4.78 is 1.82. The molecule has 0 aliphatic heterocycles. The summed E-state index contributed by atoms with van der Waals surface area (Å²) in [6.07, 6.45) is 5.16. The number of aromatic amines is 1. The molecule has 8 nitrogen and oxygen atoms in total. The van der Waals surface area contributed by atoms with Gasteiger partial charge in [0, 0.05) is 24.2 Å². The monoisotopic (exact) mass is 367 g/mol. The van der Waals surface area contributed by atoms with Crippen LogP contribution in [0.4, 0.5) is 16.6 Å². The Balaban J connectivity index is 1.52. The van der Waals surface area contributed by atoms with Crippen LogP contribution in [0.15, 0.2) is 36.8 Å². The van der Waals surface area contributed by atoms with E-state index in [9.17, 15) is 4.79 Å². The number of H-pyrrole nitrogens is 1. The lowest BCUT2D eigenvalue weighted by Gasteiger charge is -2.08. The van der Waals surface area contributed by atoms with E-state index in [1.807, 2.05) is 42.9 Å². The molecule has 0 aliphatic rings. The third-order valence-corrected chi connectivity index (χ3v) is 4.91. The van der Waals surface area contributed by atoms with Crippen molar-refractivity contribution in [3.8, 4) is 0 Å². The summed E-state index contributed by atoms with van der Waals surface area (Å²) in [5.74, 6) is 0.499. The highest BCUT2D eigenvalue weighted by atomic mass is 32.1. The number of benzene rings is 1. The van der Waals surface area contributed by atoms with Crippen LogP contribution in [0, 0.1) is 6.92 Å². The third kappa shape index (κ3) is 3.04. The Morgan fingerprint density at radius 3 is 3.00 bits per heavy atom. The highest BCUT2D eigenvalue weighted by molar-refractivity contribution is 7.17. The van der Waals surface area contributed by atoms with Gasteiger partial charge in [0.1, 0.15) is 4.88 Å². The van der Waals surface area contributed by atoms with Crippen molar-refractivity contribution in [1.82, 2.24) is 25.0 Å². The molecular weight excluding hydrogens is 350 g/mol. The van der Waals surface area contributed by atoms with Gasteiger partial charge in [-0.15, -0.1) is 0 Å². The zero-order chi connectivity index (χ0) is 18.1. The number of carbonyl (C=O) groups is 1. The molecule has 3 aromatic heterocycles. The van der Waals surface area contributed by atoms with Gasteiger partial charge in [-0.25, -0.2) is 4.98 Å². The van der Waals surface area contributed by atoms with Crippen LogP contribution in [-0.2, 0) is 6.54 Å². The van der Waals surface area contributed by atoms with Crippen molar-refractivity contribution in [1.29, 1.82) is 0 Å². The Morgan fingerprint density at radius 1 is 1.31 bits per heavy atom. The minimum absolute atomic E-state index is 0.202. The Morgan fingerprint density at radius 2 is 2.19 bits per heavy atom. The smallest absolute Gasteiger partial charge is 0.267 e. The maximum atomic E-state index is 12.6. The third-order valence-electron chi connectivity index (χ3n) is 4.00. The number of fused-ring (bicyclic) bond motifs is 1. The van der Waals surface area contributed by atoms with E-state index < -0.39 is 0 Å². The number of hydrogen-bond donors (Lipinski definition) is 3. The van der Waals surface area contributed by atoms with Gasteiger partial charge in [-0.2, -0.15) is 10.2 Å². The number of thiazole rings is 1. The first-order valence-electron chi connectivity index (χ1n) is 8.14. The molecule has 0 radical (unpaired) electrons. The van der Waals surface area contributed by atoms with Gasteiger partial charge in [-0.1, -0.05) is 17.4 Å². The van der Waals surface area contributed by atoms with E-state index in [0.717, 1.165) is 28.7 Å². The number of rotatable bonds is 5. The van der Waals surface area contributed by atoms with Gasteiger partial charge >= 0.3 is 0 Å². The maximum absolute atomic E-state index is 12.6. The molecule has 4 aromatic rings. The van der Waals surface area contributed by atoms with Gasteiger partial charge in [0.25, 0.3) is 5.91 Å². The van der Waals surface area contributed by atoms with Crippen molar-refractivity contribution in [3.63, 3.8) is 0 Å². The standard InChI is InChI=1S/C17H17N7OS/c1-3-24-7-6-14(23-24)20-17-18-9-13(26-17)16(25)21-15-10(2)4-5-12-11(15)8-19-22-12/h4-9H,3H2,1-2H3,(H,19,22)(H,21,25)(H,18,20,23). The van der Waals surface area contributed by atoms with E-state index in [-0.39, 0.29) is 5.91 Å². The van der Waals surface area contributed by atoms with E-state index in [1.165, 1.54) is 11.3 Å². The summed E-state index contributed by atoms with van der Waals surface area (Å²) in [7, 11) is 0. The first kappa shape index (κ1) is 16.3. The molecule has 3 heterocycles. The molecule has 3 N–H and O–H groups in total. The van der Waals surface area contributed by atoms with Crippen molar-refractivity contribution in [2.45, 2.75) is 20.4 Å². The zero-order valence-electron chi connectivity index (χ0n) is 14.3. The number of amides is 1. The highest BCUT2D eigenvalue weighted by Crippen LogP contribution is 2.28. The maximum Gasteiger partial charge on any atom is 0.267 e. The molecule has 0 fully saturated rings. The van der Waals surface area contributed by atoms with Gasteiger partial charge in [0.2, 0.25) is 0 Å². The van der Waals surface area contributed by atoms with Crippen molar-refractivity contribution < 1.29 is 4.79 Å². The molecule has 132 valence electrons. The summed E-state index contributed by atoms with van der Waals surface area (Å²) in [5.41, 5.74) is 2.61. The van der Waals surface area contributed by atoms with Gasteiger partial charge < -0.3 is 10.6 Å². The fourth-order valence-corrected chi connectivity index (χ4v) is 3.34. The van der Waals surface area contributed by atoms with E-state index >= 15 is 0 Å². The van der Waals surface area contributed by atoms with Gasteiger partial charge in [0.05, 0.1) is 23.6 Å². The lowest BCUT2D eigenvalue weighted by molar-refractivity contribution is 0.103. The molecule has 0 bridgehead atoms. The summed E-state index contributed by atoms with van der Waals surface area (Å²) in [6, 6.07) is 5.75. The average molecular weight is 367 g/mol. The van der Waals surface area contributed by atoms with E-state index in [2.05, 4.69) is 30.9 Å². The van der Waals surface area contributed by atoms with Crippen LogP contribution in [-0.4, -0.2) is 30.9 Å². The van der Waals surface area contributed by atoms with Gasteiger partial charge in [-0.3, -0.25) is 14.6 Å². The van der Waals surface area contributed by atoms with Crippen molar-refractivity contribution in [3.05, 3.63) is 47.2 Å². The largest absolute Gasteiger partial charge is 0.320 e. The van der Waals surface area contributed by atoms with Crippen LogP contribution in [0.3, 0.4) is 0 Å². The molecule has 0 atom stereocenters. The van der Waals surface area contributed by atoms with E-state index in [0.29, 0.717) is 15.8 Å². The van der Waals surface area contributed by atoms with E-state index in [4.69, 9.17) is 0 Å². The van der Waals surface area contributed by atoms with Gasteiger partial charge in [0.15, 0.2) is 10.9 Å². The van der Waals surface area contributed by atoms with Crippen LogP contribution >= 0.6 is 11.3 Å². The topological polar surface area (TPSA) is 101 Å². The number of nitrogens with zero attached hydrogens (tertiary/aromatic N) is 4. The quantitative estimate of drug-likeness (QED) is 0.501. The number of nitrogens with one attached hydrogen (secondary N) is 3. The number of hydrogen-bond acceptors (Lipinski definition) is 6. The molecule has 26 heavy (non-hydrogen) atoms. The van der Waals surface area contributed by atoms with Crippen LogP contribution in [0.5, 0.6) is 0 Å². The first-order valence-corrected chi connectivity index (χ1v) is 8.96. The second kappa shape index (κ2) is 6.60. The summed E-state index contributed by atoms with van der Waals surface area (Å²) >= 11 is 1.28. The van der Waals surface area contributed by atoms with Crippen LogP contribution in [0.1, 0.15) is 22.2 Å². The molecule has 0 saturated heterocycles. The predicted octanol–water partition coefficient (Wildman–Crippen LogP) is 3.54. The molecule has 9 heteroatoms. The molecule has 1 amide bonds. The summed E-state index contributed by atoms with van der Waals surface area (Å²) in [5, 5.41) is 18.9. The number of aromatic nitrogens is 5. The number of carbonyl (C=O) groups excluding carboxylic acids is 1. The summed E-state index contributed by atoms with van der Waals surface area (Å²) in [6.45, 7) is 4.77. The molecular formula is C17H17N7OS. The second-order valence-electron chi connectivity index (χ2n) is 5.75. The zero-order valence-corrected chi connectivity index (χ0v) is 15.1. The fraction of sp³-hybridized carbons (Fsp3) is 0.176. The Kier molecular flexibility index (Phi) is 4.13. The van der Waals surface area contributed by atoms with E-state index in [1.54, 1.807) is 12.4 Å². The predicted molar refractivity (Wildman–Crippen MR) is 102 cm³/mol.